The van der Waals surface area contributed by atoms with Gasteiger partial charge < -0.3 is 14.3 Å². The molecule has 0 aliphatic rings. The van der Waals surface area contributed by atoms with Crippen LogP contribution in [-0.2, 0) is 6.42 Å². The Morgan fingerprint density at radius 2 is 1.15 bits per heavy atom. The van der Waals surface area contributed by atoms with E-state index in [1.54, 1.807) is 0 Å². The molecule has 1 N–H and O–H groups in total. The van der Waals surface area contributed by atoms with Crippen LogP contribution in [0.1, 0.15) is 25.3 Å². The van der Waals surface area contributed by atoms with Crippen molar-refractivity contribution in [3.05, 3.63) is 157 Å². The van der Waals surface area contributed by atoms with E-state index in [1.807, 2.05) is 24.3 Å². The molecule has 0 aliphatic heterocycles. The van der Waals surface area contributed by atoms with Gasteiger partial charge in [0.25, 0.3) is 0 Å². The number of benzene rings is 8. The Labute approximate surface area is 356 Å². The van der Waals surface area contributed by atoms with E-state index in [1.165, 1.54) is 16.3 Å². The van der Waals surface area contributed by atoms with Crippen molar-refractivity contribution >= 4 is 122 Å². The summed E-state index contributed by atoms with van der Waals surface area (Å²) >= 11 is 0. The van der Waals surface area contributed by atoms with Crippen LogP contribution in [0.5, 0.6) is 0 Å². The standard InChI is InChI=1S/C52H35B5N2O/c1-2-3-11-30-18-23-44-40(24-30)37-14-7-9-16-43(37)59(44)36-26-33(25-34(27-36)47-48(53)50(55)52(57)51(56)49(47)54)39-29-46-41(38-15-8-10-17-45(38)60-46)28-42(39)58-35-21-19-32(20-22-35)31-12-5-4-6-13-31/h4-10,12-29,58H,2-3,11H2,1H3. The molecule has 2 heterocycles. The highest BCUT2D eigenvalue weighted by Gasteiger charge is 2.20. The summed E-state index contributed by atoms with van der Waals surface area (Å²) < 4.78 is 8.83. The first-order chi connectivity index (χ1) is 29.3. The van der Waals surface area contributed by atoms with E-state index in [0.29, 0.717) is 5.56 Å². The number of nitrogens with one attached hydrogen (secondary N) is 1. The number of hydrogen-bond donors (Lipinski definition) is 1. The lowest BCUT2D eigenvalue weighted by Gasteiger charge is -2.23. The Morgan fingerprint density at radius 1 is 0.500 bits per heavy atom. The maximum absolute atomic E-state index is 6.81. The van der Waals surface area contributed by atoms with Gasteiger partial charge >= 0.3 is 0 Å². The molecule has 0 atom stereocenters. The predicted molar refractivity (Wildman–Crippen MR) is 260 cm³/mol. The van der Waals surface area contributed by atoms with Gasteiger partial charge in [-0.25, -0.2) is 0 Å². The molecule has 8 heteroatoms. The Morgan fingerprint density at radius 3 is 1.92 bits per heavy atom. The monoisotopic (exact) mass is 758 g/mol. The van der Waals surface area contributed by atoms with Gasteiger partial charge in [-0.1, -0.05) is 109 Å². The predicted octanol–water partition coefficient (Wildman–Crippen LogP) is 8.74. The molecule has 0 saturated carbocycles. The van der Waals surface area contributed by atoms with Gasteiger partial charge in [0.15, 0.2) is 0 Å². The number of furan rings is 1. The fourth-order valence-electron chi connectivity index (χ4n) is 8.68. The molecule has 2 aromatic heterocycles. The second-order valence-corrected chi connectivity index (χ2v) is 15.6. The Hall–Kier alpha value is -6.52. The van der Waals surface area contributed by atoms with Crippen LogP contribution < -0.4 is 32.6 Å². The third-order valence-corrected chi connectivity index (χ3v) is 11.8. The Bertz CT molecular complexity index is 3250. The Kier molecular flexibility index (Phi) is 9.60. The summed E-state index contributed by atoms with van der Waals surface area (Å²) in [5, 5.41) is 8.18. The Balaban J connectivity index is 1.24. The number of aryl methyl sites for hydroxylation is 1. The molecular formula is C52H35B5N2O. The maximum Gasteiger partial charge on any atom is 0.136 e. The number of hydrogen-bond acceptors (Lipinski definition) is 2. The topological polar surface area (TPSA) is 30.1 Å². The van der Waals surface area contributed by atoms with Crippen molar-refractivity contribution in [3.8, 4) is 39.1 Å². The SMILES string of the molecule is [B]c1c([B])c([B])c(-c2cc(-c3cc4oc5ccccc5c4cc3Nc3ccc(-c4ccccc4)cc3)cc(-n3c4ccccc4c4cc(CCCC)ccc43)c2)c([B])c1[B]. The van der Waals surface area contributed by atoms with E-state index in [-0.39, 0.29) is 27.3 Å². The van der Waals surface area contributed by atoms with Crippen molar-refractivity contribution in [2.45, 2.75) is 26.2 Å². The average molecular weight is 758 g/mol. The van der Waals surface area contributed by atoms with Crippen molar-refractivity contribution in [3.63, 3.8) is 0 Å². The number of aromatic nitrogens is 1. The van der Waals surface area contributed by atoms with Crippen LogP contribution in [0.2, 0.25) is 0 Å². The number of anilines is 2. The van der Waals surface area contributed by atoms with Crippen molar-refractivity contribution < 1.29 is 4.42 Å². The third kappa shape index (κ3) is 6.46. The summed E-state index contributed by atoms with van der Waals surface area (Å²) in [5.41, 5.74) is 14.3. The van der Waals surface area contributed by atoms with E-state index in [0.717, 1.165) is 97.1 Å². The highest BCUT2D eigenvalue weighted by atomic mass is 16.3. The summed E-state index contributed by atoms with van der Waals surface area (Å²) in [6, 6.07) is 53.1. The second kappa shape index (κ2) is 15.3. The smallest absolute Gasteiger partial charge is 0.136 e. The zero-order valence-electron chi connectivity index (χ0n) is 33.3. The number of nitrogens with zero attached hydrogens (tertiary/aromatic N) is 1. The van der Waals surface area contributed by atoms with Gasteiger partial charge in [0.2, 0.25) is 0 Å². The normalized spacial score (nSPS) is 11.6. The molecule has 0 unspecified atom stereocenters. The lowest BCUT2D eigenvalue weighted by molar-refractivity contribution is 0.669. The van der Waals surface area contributed by atoms with Crippen LogP contribution in [0, 0.1) is 0 Å². The molecule has 60 heavy (non-hydrogen) atoms. The number of unbranched alkanes of at least 4 members (excludes halogenated alkanes) is 1. The van der Waals surface area contributed by atoms with Crippen LogP contribution in [0.25, 0.3) is 82.8 Å². The highest BCUT2D eigenvalue weighted by Crippen LogP contribution is 2.42. The van der Waals surface area contributed by atoms with Crippen LogP contribution in [0.15, 0.2) is 156 Å². The van der Waals surface area contributed by atoms with E-state index in [4.69, 9.17) is 43.6 Å². The molecule has 0 amide bonds. The molecule has 8 aromatic carbocycles. The van der Waals surface area contributed by atoms with Crippen molar-refractivity contribution in [1.82, 2.24) is 4.57 Å². The number of rotatable bonds is 9. The van der Waals surface area contributed by atoms with Crippen LogP contribution >= 0.6 is 0 Å². The lowest BCUT2D eigenvalue weighted by atomic mass is 9.59. The van der Waals surface area contributed by atoms with E-state index < -0.39 is 0 Å². The maximum atomic E-state index is 6.81. The summed E-state index contributed by atoms with van der Waals surface area (Å²) in [6.07, 6.45) is 3.30. The zero-order valence-corrected chi connectivity index (χ0v) is 33.3. The molecule has 274 valence electrons. The average Bonchev–Trinajstić information content (AvgIpc) is 3.82. The first-order valence-corrected chi connectivity index (χ1v) is 20.3. The summed E-state index contributed by atoms with van der Waals surface area (Å²) in [7, 11) is 33.0. The van der Waals surface area contributed by atoms with E-state index in [2.05, 4.69) is 144 Å². The van der Waals surface area contributed by atoms with Gasteiger partial charge in [-0.05, 0) is 113 Å². The molecule has 10 radical (unpaired) electrons. The van der Waals surface area contributed by atoms with Crippen molar-refractivity contribution in [2.24, 2.45) is 0 Å². The minimum Gasteiger partial charge on any atom is -0.456 e. The first-order valence-electron chi connectivity index (χ1n) is 20.3. The molecule has 0 spiro atoms. The van der Waals surface area contributed by atoms with Gasteiger partial charge in [-0.2, -0.15) is 0 Å². The fourth-order valence-corrected chi connectivity index (χ4v) is 8.68. The number of para-hydroxylation sites is 2. The van der Waals surface area contributed by atoms with Crippen molar-refractivity contribution in [1.29, 1.82) is 0 Å². The van der Waals surface area contributed by atoms with Gasteiger partial charge in [0.05, 0.1) is 11.0 Å². The van der Waals surface area contributed by atoms with E-state index in [9.17, 15) is 0 Å². The molecular weight excluding hydrogens is 723 g/mol. The van der Waals surface area contributed by atoms with E-state index >= 15 is 0 Å². The fraction of sp³-hybridized carbons (Fsp3) is 0.0769. The number of fused-ring (bicyclic) bond motifs is 6. The molecule has 0 aliphatic carbocycles. The quantitative estimate of drug-likeness (QED) is 0.149. The molecule has 10 aromatic rings. The summed E-state index contributed by atoms with van der Waals surface area (Å²) in [6.45, 7) is 2.23. The summed E-state index contributed by atoms with van der Waals surface area (Å²) in [4.78, 5) is 0. The third-order valence-electron chi connectivity index (χ3n) is 11.8. The molecule has 10 rings (SSSR count). The second-order valence-electron chi connectivity index (χ2n) is 15.6. The van der Waals surface area contributed by atoms with Crippen LogP contribution in [-0.4, -0.2) is 43.8 Å². The largest absolute Gasteiger partial charge is 0.456 e. The summed E-state index contributed by atoms with van der Waals surface area (Å²) in [5.74, 6) is 0. The van der Waals surface area contributed by atoms with Gasteiger partial charge in [0, 0.05) is 44.2 Å². The molecule has 3 nitrogen and oxygen atoms in total. The molecule has 0 fully saturated rings. The van der Waals surface area contributed by atoms with Crippen molar-refractivity contribution in [2.75, 3.05) is 5.32 Å². The molecule has 0 bridgehead atoms. The first kappa shape index (κ1) is 37.7. The van der Waals surface area contributed by atoms with Gasteiger partial charge in [-0.15, -0.1) is 16.4 Å². The molecule has 0 saturated heterocycles. The van der Waals surface area contributed by atoms with Gasteiger partial charge in [0.1, 0.15) is 50.4 Å². The highest BCUT2D eigenvalue weighted by molar-refractivity contribution is 6.68. The lowest BCUT2D eigenvalue weighted by Crippen LogP contribution is -2.55. The zero-order chi connectivity index (χ0) is 41.1. The van der Waals surface area contributed by atoms with Crippen LogP contribution in [0.3, 0.4) is 0 Å². The minimum absolute atomic E-state index is 0.173. The van der Waals surface area contributed by atoms with Crippen LogP contribution in [0.4, 0.5) is 11.4 Å². The minimum atomic E-state index is 0.173. The van der Waals surface area contributed by atoms with Gasteiger partial charge in [-0.3, -0.25) is 0 Å².